The summed E-state index contributed by atoms with van der Waals surface area (Å²) < 4.78 is 13.0. The molecule has 0 fully saturated rings. The molecule has 1 aromatic carbocycles. The van der Waals surface area contributed by atoms with E-state index in [1.165, 1.54) is 17.0 Å². The van der Waals surface area contributed by atoms with Crippen LogP contribution in [0.4, 0.5) is 4.39 Å². The van der Waals surface area contributed by atoms with Crippen molar-refractivity contribution >= 4 is 11.3 Å². The first kappa shape index (κ1) is 16.1. The zero-order valence-electron chi connectivity index (χ0n) is 13.3. The van der Waals surface area contributed by atoms with Gasteiger partial charge in [0.2, 0.25) is 0 Å². The van der Waals surface area contributed by atoms with E-state index in [1.54, 1.807) is 23.5 Å². The molecule has 0 aliphatic heterocycles. The van der Waals surface area contributed by atoms with Crippen molar-refractivity contribution in [3.63, 3.8) is 0 Å². The van der Waals surface area contributed by atoms with E-state index in [4.69, 9.17) is 4.98 Å². The number of hydrogen-bond donors (Lipinski definition) is 1. The van der Waals surface area contributed by atoms with Crippen molar-refractivity contribution in [1.29, 1.82) is 0 Å². The Morgan fingerprint density at radius 2 is 1.81 bits per heavy atom. The van der Waals surface area contributed by atoms with Gasteiger partial charge in [-0.2, -0.15) is 0 Å². The topological polar surface area (TPSA) is 24.9 Å². The quantitative estimate of drug-likeness (QED) is 0.863. The van der Waals surface area contributed by atoms with Crippen LogP contribution in [0.25, 0.3) is 10.6 Å². The molecule has 114 valence electrons. The summed E-state index contributed by atoms with van der Waals surface area (Å²) >= 11 is 1.69. The molecule has 2 rings (SSSR count). The van der Waals surface area contributed by atoms with Crippen LogP contribution in [-0.4, -0.2) is 10.5 Å². The van der Waals surface area contributed by atoms with Crippen LogP contribution in [0, 0.1) is 5.82 Å². The van der Waals surface area contributed by atoms with E-state index in [-0.39, 0.29) is 11.4 Å². The molecule has 1 heterocycles. The van der Waals surface area contributed by atoms with Gasteiger partial charge in [0.1, 0.15) is 10.8 Å². The molecule has 1 N–H and O–H groups in total. The van der Waals surface area contributed by atoms with Gasteiger partial charge < -0.3 is 5.32 Å². The third kappa shape index (κ3) is 4.35. The summed E-state index contributed by atoms with van der Waals surface area (Å²) in [5.74, 6) is 0.168. The van der Waals surface area contributed by atoms with Crippen LogP contribution in [0.5, 0.6) is 0 Å². The molecule has 0 bridgehead atoms. The molecule has 0 spiro atoms. The molecule has 0 unspecified atom stereocenters. The summed E-state index contributed by atoms with van der Waals surface area (Å²) in [6.45, 7) is 11.6. The average Bonchev–Trinajstić information content (AvgIpc) is 2.81. The van der Waals surface area contributed by atoms with Crippen molar-refractivity contribution < 1.29 is 4.39 Å². The van der Waals surface area contributed by atoms with Crippen LogP contribution in [0.2, 0.25) is 0 Å². The maximum Gasteiger partial charge on any atom is 0.123 e. The molecule has 0 saturated heterocycles. The third-order valence-corrected chi connectivity index (χ3v) is 4.27. The van der Waals surface area contributed by atoms with Crippen molar-refractivity contribution in [3.8, 4) is 10.6 Å². The van der Waals surface area contributed by atoms with Crippen molar-refractivity contribution in [2.75, 3.05) is 0 Å². The van der Waals surface area contributed by atoms with Gasteiger partial charge in [-0.05, 0) is 51.0 Å². The van der Waals surface area contributed by atoms with Crippen LogP contribution in [-0.2, 0) is 6.54 Å². The molecule has 4 heteroatoms. The second-order valence-electron chi connectivity index (χ2n) is 6.59. The highest BCUT2D eigenvalue weighted by molar-refractivity contribution is 7.15. The highest BCUT2D eigenvalue weighted by Crippen LogP contribution is 2.32. The van der Waals surface area contributed by atoms with Gasteiger partial charge in [-0.15, -0.1) is 11.3 Å². The molecule has 0 amide bonds. The smallest absolute Gasteiger partial charge is 0.123 e. The van der Waals surface area contributed by atoms with Crippen molar-refractivity contribution in [3.05, 3.63) is 40.7 Å². The molecule has 2 nitrogen and oxygen atoms in total. The molecular weight excluding hydrogens is 283 g/mol. The fourth-order valence-corrected chi connectivity index (χ4v) is 3.16. The van der Waals surface area contributed by atoms with Crippen LogP contribution >= 0.6 is 11.3 Å². The lowest BCUT2D eigenvalue weighted by Gasteiger charge is -2.20. The fourth-order valence-electron chi connectivity index (χ4n) is 2.00. The number of nitrogens with one attached hydrogen (secondary N) is 1. The Morgan fingerprint density at radius 3 is 2.33 bits per heavy atom. The van der Waals surface area contributed by atoms with Gasteiger partial charge in [0.15, 0.2) is 0 Å². The Kier molecular flexibility index (Phi) is 4.79. The van der Waals surface area contributed by atoms with E-state index in [1.807, 2.05) is 0 Å². The van der Waals surface area contributed by atoms with Gasteiger partial charge in [0, 0.05) is 22.5 Å². The third-order valence-electron chi connectivity index (χ3n) is 3.14. The summed E-state index contributed by atoms with van der Waals surface area (Å²) in [7, 11) is 0. The van der Waals surface area contributed by atoms with E-state index >= 15 is 0 Å². The van der Waals surface area contributed by atoms with E-state index in [2.05, 4.69) is 39.9 Å². The maximum atomic E-state index is 13.0. The molecule has 0 aliphatic carbocycles. The van der Waals surface area contributed by atoms with Crippen LogP contribution in [0.3, 0.4) is 0 Å². The van der Waals surface area contributed by atoms with Crippen LogP contribution in [0.1, 0.15) is 51.1 Å². The predicted octanol–water partition coefficient (Wildman–Crippen LogP) is 4.96. The minimum absolute atomic E-state index is 0.0777. The number of aromatic nitrogens is 1. The highest BCUT2D eigenvalue weighted by Gasteiger charge is 2.17. The summed E-state index contributed by atoms with van der Waals surface area (Å²) in [4.78, 5) is 6.03. The van der Waals surface area contributed by atoms with Gasteiger partial charge in [0.25, 0.3) is 0 Å². The minimum atomic E-state index is -0.214. The van der Waals surface area contributed by atoms with E-state index in [9.17, 15) is 4.39 Å². The van der Waals surface area contributed by atoms with E-state index in [0.29, 0.717) is 5.92 Å². The molecule has 0 aliphatic rings. The summed E-state index contributed by atoms with van der Waals surface area (Å²) in [6.07, 6.45) is 0. The van der Waals surface area contributed by atoms with Gasteiger partial charge in [-0.25, -0.2) is 9.37 Å². The maximum absolute atomic E-state index is 13.0. The number of thiazole rings is 1. The Bertz CT molecular complexity index is 594. The SMILES string of the molecule is CC(C)c1nc(-c2ccc(F)cc2)sc1CNC(C)(C)C. The predicted molar refractivity (Wildman–Crippen MR) is 88.2 cm³/mol. The number of nitrogens with zero attached hydrogens (tertiary/aromatic N) is 1. The summed E-state index contributed by atoms with van der Waals surface area (Å²) in [6, 6.07) is 6.55. The number of hydrogen-bond acceptors (Lipinski definition) is 3. The largest absolute Gasteiger partial charge is 0.307 e. The lowest BCUT2D eigenvalue weighted by molar-refractivity contribution is 0.425. The Labute approximate surface area is 130 Å². The second kappa shape index (κ2) is 6.24. The highest BCUT2D eigenvalue weighted by atomic mass is 32.1. The van der Waals surface area contributed by atoms with Crippen molar-refractivity contribution in [1.82, 2.24) is 10.3 Å². The summed E-state index contributed by atoms with van der Waals surface area (Å²) in [5.41, 5.74) is 2.19. The minimum Gasteiger partial charge on any atom is -0.307 e. The Hall–Kier alpha value is -1.26. The average molecular weight is 306 g/mol. The summed E-state index contributed by atoms with van der Waals surface area (Å²) in [5, 5.41) is 4.48. The molecule has 0 saturated carbocycles. The van der Waals surface area contributed by atoms with Crippen molar-refractivity contribution in [2.45, 2.75) is 52.6 Å². The number of rotatable bonds is 4. The van der Waals surface area contributed by atoms with Gasteiger partial charge >= 0.3 is 0 Å². The monoisotopic (exact) mass is 306 g/mol. The standard InChI is InChI=1S/C17H23FN2S/c1-11(2)15-14(10-19-17(3,4)5)21-16(20-15)12-6-8-13(18)9-7-12/h6-9,11,19H,10H2,1-5H3. The second-order valence-corrected chi connectivity index (χ2v) is 7.68. The lowest BCUT2D eigenvalue weighted by atomic mass is 10.1. The normalized spacial score (nSPS) is 12.1. The zero-order valence-corrected chi connectivity index (χ0v) is 14.1. The van der Waals surface area contributed by atoms with E-state index in [0.717, 1.165) is 22.8 Å². The lowest BCUT2D eigenvalue weighted by Crippen LogP contribution is -2.35. The molecule has 0 atom stereocenters. The van der Waals surface area contributed by atoms with Gasteiger partial charge in [-0.3, -0.25) is 0 Å². The molecule has 1 aromatic heterocycles. The van der Waals surface area contributed by atoms with Gasteiger partial charge in [-0.1, -0.05) is 13.8 Å². The Morgan fingerprint density at radius 1 is 1.19 bits per heavy atom. The van der Waals surface area contributed by atoms with E-state index < -0.39 is 0 Å². The van der Waals surface area contributed by atoms with Crippen LogP contribution in [0.15, 0.2) is 24.3 Å². The first-order valence-corrected chi connectivity index (χ1v) is 8.08. The first-order valence-electron chi connectivity index (χ1n) is 7.27. The number of halogens is 1. The van der Waals surface area contributed by atoms with Gasteiger partial charge in [0.05, 0.1) is 5.69 Å². The molecule has 2 aromatic rings. The molecular formula is C17H23FN2S. The first-order chi connectivity index (χ1) is 9.76. The fraction of sp³-hybridized carbons (Fsp3) is 0.471. The molecule has 0 radical (unpaired) electrons. The van der Waals surface area contributed by atoms with Crippen LogP contribution < -0.4 is 5.32 Å². The molecule has 21 heavy (non-hydrogen) atoms. The number of benzene rings is 1. The Balaban J connectivity index is 2.30. The van der Waals surface area contributed by atoms with Crippen molar-refractivity contribution in [2.24, 2.45) is 0 Å². The zero-order chi connectivity index (χ0) is 15.6.